The lowest BCUT2D eigenvalue weighted by molar-refractivity contribution is -0.146. The zero-order valence-electron chi connectivity index (χ0n) is 9.63. The van der Waals surface area contributed by atoms with Crippen LogP contribution < -0.4 is 0 Å². The van der Waals surface area contributed by atoms with Gasteiger partial charge in [-0.1, -0.05) is 27.7 Å². The van der Waals surface area contributed by atoms with Gasteiger partial charge in [0.2, 0.25) is 0 Å². The third-order valence-corrected chi connectivity index (χ3v) is 1.89. The highest BCUT2D eigenvalue weighted by Gasteiger charge is 2.10. The smallest absolute Gasteiger partial charge is 0.308 e. The standard InChI is InChI=1S/C11H20O3/c1-7(2)10(12)9(5)6-14-11(13)8(3)4/h7-8,12H,6H2,1-5H3/b10-9-. The molecule has 0 amide bonds. The first-order chi connectivity index (χ1) is 6.36. The number of carbonyl (C=O) groups is 1. The van der Waals surface area contributed by atoms with Crippen LogP contribution in [0.4, 0.5) is 0 Å². The van der Waals surface area contributed by atoms with Gasteiger partial charge in [0.15, 0.2) is 0 Å². The maximum atomic E-state index is 11.1. The monoisotopic (exact) mass is 200 g/mol. The summed E-state index contributed by atoms with van der Waals surface area (Å²) in [6.45, 7) is 9.30. The summed E-state index contributed by atoms with van der Waals surface area (Å²) in [7, 11) is 0. The Morgan fingerprint density at radius 1 is 1.21 bits per heavy atom. The molecule has 3 heteroatoms. The molecule has 0 aromatic rings. The highest BCUT2D eigenvalue weighted by molar-refractivity contribution is 5.71. The van der Waals surface area contributed by atoms with Crippen molar-refractivity contribution in [2.24, 2.45) is 11.8 Å². The van der Waals surface area contributed by atoms with E-state index in [1.807, 2.05) is 13.8 Å². The minimum absolute atomic E-state index is 0.0766. The van der Waals surface area contributed by atoms with E-state index in [2.05, 4.69) is 0 Å². The molecule has 14 heavy (non-hydrogen) atoms. The molecule has 0 spiro atoms. The van der Waals surface area contributed by atoms with Crippen LogP contribution in [0.1, 0.15) is 34.6 Å². The second-order valence-corrected chi connectivity index (χ2v) is 4.08. The van der Waals surface area contributed by atoms with E-state index in [0.717, 1.165) is 0 Å². The first-order valence-electron chi connectivity index (χ1n) is 4.91. The van der Waals surface area contributed by atoms with Crippen LogP contribution in [0.25, 0.3) is 0 Å². The van der Waals surface area contributed by atoms with Gasteiger partial charge >= 0.3 is 5.97 Å². The number of aliphatic hydroxyl groups is 1. The van der Waals surface area contributed by atoms with E-state index in [1.165, 1.54) is 0 Å². The minimum atomic E-state index is -0.235. The molecule has 0 atom stereocenters. The number of carbonyl (C=O) groups excluding carboxylic acids is 1. The predicted molar refractivity (Wildman–Crippen MR) is 56.0 cm³/mol. The second-order valence-electron chi connectivity index (χ2n) is 4.08. The van der Waals surface area contributed by atoms with Crippen molar-refractivity contribution in [3.05, 3.63) is 11.3 Å². The van der Waals surface area contributed by atoms with Crippen molar-refractivity contribution in [1.29, 1.82) is 0 Å². The number of ether oxygens (including phenoxy) is 1. The molecular weight excluding hydrogens is 180 g/mol. The van der Waals surface area contributed by atoms with Gasteiger partial charge in [0.1, 0.15) is 6.61 Å². The summed E-state index contributed by atoms with van der Waals surface area (Å²) in [5.41, 5.74) is 0.717. The van der Waals surface area contributed by atoms with Crippen LogP contribution in [0.2, 0.25) is 0 Å². The highest BCUT2D eigenvalue weighted by Crippen LogP contribution is 2.11. The molecule has 0 aliphatic rings. The van der Waals surface area contributed by atoms with Gasteiger partial charge in [-0.25, -0.2) is 0 Å². The van der Waals surface area contributed by atoms with Crippen molar-refractivity contribution in [2.75, 3.05) is 6.61 Å². The Hall–Kier alpha value is -0.990. The molecule has 0 saturated heterocycles. The first kappa shape index (κ1) is 13.0. The fourth-order valence-electron chi connectivity index (χ4n) is 0.913. The van der Waals surface area contributed by atoms with Crippen LogP contribution in [0.5, 0.6) is 0 Å². The molecular formula is C11H20O3. The van der Waals surface area contributed by atoms with Crippen molar-refractivity contribution in [1.82, 2.24) is 0 Å². The lowest BCUT2D eigenvalue weighted by Gasteiger charge is -2.11. The Bertz CT molecular complexity index is 227. The van der Waals surface area contributed by atoms with E-state index in [4.69, 9.17) is 4.74 Å². The average Bonchev–Trinajstić information content (AvgIpc) is 2.11. The van der Waals surface area contributed by atoms with Gasteiger partial charge in [-0.05, 0) is 6.92 Å². The van der Waals surface area contributed by atoms with Gasteiger partial charge in [-0.3, -0.25) is 4.79 Å². The molecule has 0 unspecified atom stereocenters. The lowest BCUT2D eigenvalue weighted by atomic mass is 10.1. The maximum Gasteiger partial charge on any atom is 0.308 e. The van der Waals surface area contributed by atoms with E-state index in [9.17, 15) is 9.90 Å². The average molecular weight is 200 g/mol. The van der Waals surface area contributed by atoms with Gasteiger partial charge in [-0.2, -0.15) is 0 Å². The summed E-state index contributed by atoms with van der Waals surface area (Å²) in [6.07, 6.45) is 0. The molecule has 0 radical (unpaired) electrons. The summed E-state index contributed by atoms with van der Waals surface area (Å²) >= 11 is 0. The fraction of sp³-hybridized carbons (Fsp3) is 0.727. The number of hydrogen-bond acceptors (Lipinski definition) is 3. The van der Waals surface area contributed by atoms with Crippen LogP contribution in [0.3, 0.4) is 0 Å². The first-order valence-corrected chi connectivity index (χ1v) is 4.91. The Balaban J connectivity index is 4.15. The van der Waals surface area contributed by atoms with Gasteiger partial charge in [-0.15, -0.1) is 0 Å². The normalized spacial score (nSPS) is 13.1. The lowest BCUT2D eigenvalue weighted by Crippen LogP contribution is -2.14. The molecule has 0 aliphatic carbocycles. The molecule has 0 saturated carbocycles. The van der Waals surface area contributed by atoms with Gasteiger partial charge in [0.05, 0.1) is 11.7 Å². The van der Waals surface area contributed by atoms with Crippen molar-refractivity contribution in [3.63, 3.8) is 0 Å². The van der Waals surface area contributed by atoms with Gasteiger partial charge in [0.25, 0.3) is 0 Å². The van der Waals surface area contributed by atoms with Gasteiger partial charge < -0.3 is 9.84 Å². The zero-order chi connectivity index (χ0) is 11.3. The second kappa shape index (κ2) is 5.68. The number of aliphatic hydroxyl groups excluding tert-OH is 1. The zero-order valence-corrected chi connectivity index (χ0v) is 9.63. The molecule has 0 bridgehead atoms. The number of esters is 1. The molecule has 82 valence electrons. The van der Waals surface area contributed by atoms with Crippen molar-refractivity contribution < 1.29 is 14.6 Å². The van der Waals surface area contributed by atoms with Crippen molar-refractivity contribution in [3.8, 4) is 0 Å². The number of hydrogen-bond donors (Lipinski definition) is 1. The molecule has 0 heterocycles. The van der Waals surface area contributed by atoms with Crippen molar-refractivity contribution >= 4 is 5.97 Å². The molecule has 0 rings (SSSR count). The number of allylic oxidation sites excluding steroid dienone is 1. The Morgan fingerprint density at radius 3 is 2.07 bits per heavy atom. The molecule has 0 aromatic carbocycles. The van der Waals surface area contributed by atoms with E-state index >= 15 is 0 Å². The number of rotatable bonds is 4. The minimum Gasteiger partial charge on any atom is -0.512 e. The van der Waals surface area contributed by atoms with Crippen molar-refractivity contribution in [2.45, 2.75) is 34.6 Å². The van der Waals surface area contributed by atoms with E-state index in [-0.39, 0.29) is 24.4 Å². The Kier molecular flexibility index (Phi) is 5.28. The molecule has 1 N–H and O–H groups in total. The van der Waals surface area contributed by atoms with Crippen LogP contribution in [-0.4, -0.2) is 17.7 Å². The van der Waals surface area contributed by atoms with E-state index in [0.29, 0.717) is 11.3 Å². The molecule has 0 aliphatic heterocycles. The highest BCUT2D eigenvalue weighted by atomic mass is 16.5. The predicted octanol–water partition coefficient (Wildman–Crippen LogP) is 2.67. The topological polar surface area (TPSA) is 46.5 Å². The Morgan fingerprint density at radius 2 is 1.71 bits per heavy atom. The quantitative estimate of drug-likeness (QED) is 0.560. The molecule has 3 nitrogen and oxygen atoms in total. The third kappa shape index (κ3) is 4.30. The summed E-state index contributed by atoms with van der Waals surface area (Å²) in [4.78, 5) is 11.1. The summed E-state index contributed by atoms with van der Waals surface area (Å²) < 4.78 is 4.98. The van der Waals surface area contributed by atoms with Gasteiger partial charge in [0, 0.05) is 11.5 Å². The molecule has 0 fully saturated rings. The maximum absolute atomic E-state index is 11.1. The fourth-order valence-corrected chi connectivity index (χ4v) is 0.913. The largest absolute Gasteiger partial charge is 0.512 e. The van der Waals surface area contributed by atoms with Crippen LogP contribution in [0, 0.1) is 11.8 Å². The summed E-state index contributed by atoms with van der Waals surface area (Å²) in [5, 5.41) is 9.53. The van der Waals surface area contributed by atoms with Crippen LogP contribution in [-0.2, 0) is 9.53 Å². The Labute approximate surface area is 85.8 Å². The third-order valence-electron chi connectivity index (χ3n) is 1.89. The summed E-state index contributed by atoms with van der Waals surface area (Å²) in [6, 6.07) is 0. The molecule has 0 aromatic heterocycles. The van der Waals surface area contributed by atoms with E-state index in [1.54, 1.807) is 20.8 Å². The van der Waals surface area contributed by atoms with Crippen LogP contribution in [0.15, 0.2) is 11.3 Å². The summed E-state index contributed by atoms with van der Waals surface area (Å²) in [5.74, 6) is 0.0270. The van der Waals surface area contributed by atoms with E-state index < -0.39 is 0 Å². The SMILES string of the molecule is C/C(COC(=O)C(C)C)=C(/O)C(C)C. The van der Waals surface area contributed by atoms with Crippen LogP contribution >= 0.6 is 0 Å².